The lowest BCUT2D eigenvalue weighted by Gasteiger charge is -2.24. The summed E-state index contributed by atoms with van der Waals surface area (Å²) in [7, 11) is 2.11. The quantitative estimate of drug-likeness (QED) is 0.900. The Morgan fingerprint density at radius 3 is 2.47 bits per heavy atom. The minimum absolute atomic E-state index is 0.250. The average molecular weight is 299 g/mol. The van der Waals surface area contributed by atoms with E-state index in [1.165, 1.54) is 11.3 Å². The molecule has 0 bridgehead atoms. The topological polar surface area (TPSA) is 29.3 Å². The Labute approximate surface area is 113 Å². The summed E-state index contributed by atoms with van der Waals surface area (Å²) in [5.74, 6) is 0. The molecule has 1 rings (SSSR count). The van der Waals surface area contributed by atoms with Crippen LogP contribution in [0.25, 0.3) is 0 Å². The van der Waals surface area contributed by atoms with Gasteiger partial charge in [-0.25, -0.2) is 0 Å². The van der Waals surface area contributed by atoms with Gasteiger partial charge in [0.05, 0.1) is 0 Å². The summed E-state index contributed by atoms with van der Waals surface area (Å²) >= 11 is 3.64. The number of nitrogens with two attached hydrogens (primary N) is 1. The predicted octanol–water partition coefficient (Wildman–Crippen LogP) is 3.57. The summed E-state index contributed by atoms with van der Waals surface area (Å²) in [6.07, 6.45) is 1.95. The molecule has 0 fully saturated rings. The van der Waals surface area contributed by atoms with Crippen LogP contribution in [0.2, 0.25) is 0 Å². The Morgan fingerprint density at radius 1 is 1.35 bits per heavy atom. The lowest BCUT2D eigenvalue weighted by atomic mass is 10.0. The molecule has 0 saturated carbocycles. The summed E-state index contributed by atoms with van der Waals surface area (Å²) in [4.78, 5) is 2.26. The Bertz CT molecular complexity index is 363. The Morgan fingerprint density at radius 2 is 2.00 bits per heavy atom. The van der Waals surface area contributed by atoms with Crippen molar-refractivity contribution in [2.45, 2.75) is 45.7 Å². The first-order valence-corrected chi connectivity index (χ1v) is 7.01. The van der Waals surface area contributed by atoms with Gasteiger partial charge in [-0.05, 0) is 44.4 Å². The van der Waals surface area contributed by atoms with Crippen LogP contribution in [0.4, 0.5) is 5.69 Å². The van der Waals surface area contributed by atoms with Crippen molar-refractivity contribution in [3.8, 4) is 0 Å². The minimum Gasteiger partial charge on any atom is -0.372 e. The maximum absolute atomic E-state index is 5.99. The number of nitrogens with zero attached hydrogens (tertiary/aromatic N) is 1. The van der Waals surface area contributed by atoms with Gasteiger partial charge in [-0.15, -0.1) is 0 Å². The van der Waals surface area contributed by atoms with E-state index >= 15 is 0 Å². The van der Waals surface area contributed by atoms with Crippen LogP contribution >= 0.6 is 15.9 Å². The van der Waals surface area contributed by atoms with Crippen molar-refractivity contribution in [2.75, 3.05) is 11.9 Å². The third-order valence-electron chi connectivity index (χ3n) is 3.22. The highest BCUT2D eigenvalue weighted by molar-refractivity contribution is 9.10. The number of hydrogen-bond donors (Lipinski definition) is 1. The van der Waals surface area contributed by atoms with Gasteiger partial charge in [-0.3, -0.25) is 0 Å². The molecule has 0 aliphatic carbocycles. The number of halogens is 1. The number of hydrogen-bond acceptors (Lipinski definition) is 2. The van der Waals surface area contributed by atoms with E-state index in [2.05, 4.69) is 66.8 Å². The molecule has 0 heterocycles. The normalized spacial score (nSPS) is 12.9. The first-order valence-electron chi connectivity index (χ1n) is 6.22. The van der Waals surface area contributed by atoms with Crippen LogP contribution in [0, 0.1) is 0 Å². The lowest BCUT2D eigenvalue weighted by Crippen LogP contribution is -2.25. The zero-order chi connectivity index (χ0) is 13.0. The average Bonchev–Trinajstić information content (AvgIpc) is 2.30. The van der Waals surface area contributed by atoms with Crippen LogP contribution in [0.3, 0.4) is 0 Å². The summed E-state index contributed by atoms with van der Waals surface area (Å²) in [5, 5.41) is 0. The van der Waals surface area contributed by atoms with Gasteiger partial charge in [0.2, 0.25) is 0 Å². The molecule has 0 spiro atoms. The van der Waals surface area contributed by atoms with Gasteiger partial charge in [0.15, 0.2) is 0 Å². The van der Waals surface area contributed by atoms with Gasteiger partial charge >= 0.3 is 0 Å². The van der Waals surface area contributed by atoms with E-state index in [0.29, 0.717) is 6.04 Å². The largest absolute Gasteiger partial charge is 0.372 e. The maximum Gasteiger partial charge on any atom is 0.0377 e. The molecule has 1 atom stereocenters. The first kappa shape index (κ1) is 14.5. The van der Waals surface area contributed by atoms with Crippen LogP contribution in [0.1, 0.15) is 32.8 Å². The number of anilines is 1. The van der Waals surface area contributed by atoms with Crippen molar-refractivity contribution in [1.29, 1.82) is 0 Å². The molecule has 2 N–H and O–H groups in total. The van der Waals surface area contributed by atoms with E-state index in [-0.39, 0.29) is 6.04 Å². The van der Waals surface area contributed by atoms with E-state index in [1.807, 2.05) is 0 Å². The highest BCUT2D eigenvalue weighted by Gasteiger charge is 2.09. The molecule has 3 heteroatoms. The fraction of sp³-hybridized carbons (Fsp3) is 0.571. The van der Waals surface area contributed by atoms with Gasteiger partial charge in [-0.1, -0.05) is 28.9 Å². The third kappa shape index (κ3) is 4.00. The van der Waals surface area contributed by atoms with E-state index in [0.717, 1.165) is 17.3 Å². The lowest BCUT2D eigenvalue weighted by molar-refractivity contribution is 0.645. The SMILES string of the molecule is CCC(N)Cc1ccc(N(C)C(C)C)cc1Br. The molecule has 0 aliphatic heterocycles. The molecule has 17 heavy (non-hydrogen) atoms. The summed E-state index contributed by atoms with van der Waals surface area (Å²) in [6.45, 7) is 6.50. The molecule has 1 aromatic rings. The second kappa shape index (κ2) is 6.41. The standard InChI is InChI=1S/C14H23BrN2/c1-5-12(16)8-11-6-7-13(9-14(11)15)17(4)10(2)3/h6-7,9-10,12H,5,8,16H2,1-4H3. The summed E-state index contributed by atoms with van der Waals surface area (Å²) < 4.78 is 1.16. The zero-order valence-corrected chi connectivity index (χ0v) is 12.8. The van der Waals surface area contributed by atoms with Crippen LogP contribution in [0.15, 0.2) is 22.7 Å². The highest BCUT2D eigenvalue weighted by Crippen LogP contribution is 2.25. The second-order valence-corrected chi connectivity index (χ2v) is 5.71. The zero-order valence-electron chi connectivity index (χ0n) is 11.2. The molecule has 0 radical (unpaired) electrons. The number of rotatable bonds is 5. The highest BCUT2D eigenvalue weighted by atomic mass is 79.9. The van der Waals surface area contributed by atoms with Crippen LogP contribution in [-0.4, -0.2) is 19.1 Å². The minimum atomic E-state index is 0.250. The molecule has 1 unspecified atom stereocenters. The maximum atomic E-state index is 5.99. The van der Waals surface area contributed by atoms with Gasteiger partial charge in [-0.2, -0.15) is 0 Å². The fourth-order valence-electron chi connectivity index (χ4n) is 1.65. The van der Waals surface area contributed by atoms with E-state index < -0.39 is 0 Å². The van der Waals surface area contributed by atoms with Crippen LogP contribution in [-0.2, 0) is 6.42 Å². The molecule has 0 aliphatic rings. The smallest absolute Gasteiger partial charge is 0.0377 e. The molecule has 96 valence electrons. The Hall–Kier alpha value is -0.540. The van der Waals surface area contributed by atoms with Crippen molar-refractivity contribution in [1.82, 2.24) is 0 Å². The molecule has 1 aromatic carbocycles. The predicted molar refractivity (Wildman–Crippen MR) is 79.7 cm³/mol. The van der Waals surface area contributed by atoms with Crippen molar-refractivity contribution in [3.05, 3.63) is 28.2 Å². The van der Waals surface area contributed by atoms with Gasteiger partial charge in [0.25, 0.3) is 0 Å². The summed E-state index contributed by atoms with van der Waals surface area (Å²) in [6, 6.07) is 7.28. The van der Waals surface area contributed by atoms with Crippen LogP contribution < -0.4 is 10.6 Å². The molecule has 0 aromatic heterocycles. The van der Waals surface area contributed by atoms with Crippen molar-refractivity contribution >= 4 is 21.6 Å². The summed E-state index contributed by atoms with van der Waals surface area (Å²) in [5.41, 5.74) is 8.52. The van der Waals surface area contributed by atoms with Crippen molar-refractivity contribution in [3.63, 3.8) is 0 Å². The third-order valence-corrected chi connectivity index (χ3v) is 3.96. The van der Waals surface area contributed by atoms with Gasteiger partial charge in [0, 0.05) is 29.3 Å². The fourth-order valence-corrected chi connectivity index (χ4v) is 2.17. The van der Waals surface area contributed by atoms with Gasteiger partial charge < -0.3 is 10.6 Å². The van der Waals surface area contributed by atoms with E-state index in [4.69, 9.17) is 5.73 Å². The van der Waals surface area contributed by atoms with Crippen LogP contribution in [0.5, 0.6) is 0 Å². The first-order chi connectivity index (χ1) is 7.95. The van der Waals surface area contributed by atoms with Crippen molar-refractivity contribution in [2.24, 2.45) is 5.73 Å². The second-order valence-electron chi connectivity index (χ2n) is 4.85. The number of benzene rings is 1. The van der Waals surface area contributed by atoms with Crippen molar-refractivity contribution < 1.29 is 0 Å². The molecule has 0 amide bonds. The van der Waals surface area contributed by atoms with E-state index in [1.54, 1.807) is 0 Å². The Kier molecular flexibility index (Phi) is 5.47. The van der Waals surface area contributed by atoms with E-state index in [9.17, 15) is 0 Å². The molecular weight excluding hydrogens is 276 g/mol. The monoisotopic (exact) mass is 298 g/mol. The van der Waals surface area contributed by atoms with Gasteiger partial charge in [0.1, 0.15) is 0 Å². The molecule has 2 nitrogen and oxygen atoms in total. The molecular formula is C14H23BrN2. The molecule has 0 saturated heterocycles. The Balaban J connectivity index is 2.86.